The maximum absolute atomic E-state index is 13.4. The highest BCUT2D eigenvalue weighted by Crippen LogP contribution is 2.32. The fourth-order valence-electron chi connectivity index (χ4n) is 3.86. The molecule has 1 aliphatic rings. The van der Waals surface area contributed by atoms with Crippen molar-refractivity contribution in [2.45, 2.75) is 18.6 Å². The van der Waals surface area contributed by atoms with Crippen molar-refractivity contribution >= 4 is 46.3 Å². The molecule has 4 aromatic rings. The number of benzene rings is 3. The molecule has 0 radical (unpaired) electrons. The number of rotatable bonds is 7. The predicted molar refractivity (Wildman–Crippen MR) is 150 cm³/mol. The van der Waals surface area contributed by atoms with Gasteiger partial charge in [-0.2, -0.15) is 5.10 Å². The van der Waals surface area contributed by atoms with Crippen LogP contribution in [0.15, 0.2) is 114 Å². The Balaban J connectivity index is 1.38. The van der Waals surface area contributed by atoms with Crippen LogP contribution in [0.25, 0.3) is 11.8 Å². The number of hydrogen-bond donors (Lipinski definition) is 1. The quantitative estimate of drug-likeness (QED) is 0.322. The normalized spacial score (nSPS) is 15.1. The average molecular weight is 508 g/mol. The third-order valence-electron chi connectivity index (χ3n) is 5.72. The number of anilines is 2. The molecule has 2 amide bonds. The van der Waals surface area contributed by atoms with Crippen molar-refractivity contribution in [3.8, 4) is 5.69 Å². The number of aliphatic imine (C=N–C) groups is 1. The molecular formula is C29H25N5O2S. The van der Waals surface area contributed by atoms with Crippen LogP contribution in [0.1, 0.15) is 18.9 Å². The van der Waals surface area contributed by atoms with Gasteiger partial charge in [0.1, 0.15) is 5.70 Å². The van der Waals surface area contributed by atoms with Gasteiger partial charge in [-0.05, 0) is 42.3 Å². The zero-order chi connectivity index (χ0) is 25.6. The maximum atomic E-state index is 13.4. The molecule has 0 saturated carbocycles. The third-order valence-corrected chi connectivity index (χ3v) is 7.04. The van der Waals surface area contributed by atoms with E-state index in [2.05, 4.69) is 15.4 Å². The van der Waals surface area contributed by atoms with Crippen LogP contribution in [0.4, 0.5) is 11.5 Å². The Morgan fingerprint density at radius 1 is 0.919 bits per heavy atom. The maximum Gasteiger partial charge on any atom is 0.283 e. The number of aromatic nitrogens is 2. The van der Waals surface area contributed by atoms with Crippen molar-refractivity contribution in [2.75, 3.05) is 10.2 Å². The summed E-state index contributed by atoms with van der Waals surface area (Å²) >= 11 is 1.27. The highest BCUT2D eigenvalue weighted by Gasteiger charge is 2.34. The molecule has 3 aromatic carbocycles. The summed E-state index contributed by atoms with van der Waals surface area (Å²) in [6.45, 7) is 1.94. The summed E-state index contributed by atoms with van der Waals surface area (Å²) in [5.74, 6) is 0.0331. The largest absolute Gasteiger partial charge is 0.308 e. The molecule has 7 nitrogen and oxygen atoms in total. The summed E-state index contributed by atoms with van der Waals surface area (Å²) < 4.78 is 1.71. The van der Waals surface area contributed by atoms with Crippen LogP contribution in [0.5, 0.6) is 0 Å². The first-order valence-corrected chi connectivity index (χ1v) is 12.8. The summed E-state index contributed by atoms with van der Waals surface area (Å²) in [6.07, 6.45) is 4.11. The highest BCUT2D eigenvalue weighted by atomic mass is 32.2. The molecule has 37 heavy (non-hydrogen) atoms. The number of nitrogens with zero attached hydrogens (tertiary/aromatic N) is 4. The van der Waals surface area contributed by atoms with Gasteiger partial charge < -0.3 is 5.32 Å². The van der Waals surface area contributed by atoms with E-state index in [1.165, 1.54) is 11.8 Å². The van der Waals surface area contributed by atoms with E-state index >= 15 is 0 Å². The van der Waals surface area contributed by atoms with Crippen LogP contribution >= 0.6 is 11.8 Å². The Bertz CT molecular complexity index is 1450. The molecule has 8 heteroatoms. The number of carbonyl (C=O) groups is 2. The lowest BCUT2D eigenvalue weighted by Crippen LogP contribution is -2.34. The number of amidine groups is 1. The Morgan fingerprint density at radius 3 is 2.19 bits per heavy atom. The van der Waals surface area contributed by atoms with Gasteiger partial charge in [-0.25, -0.2) is 9.67 Å². The fraction of sp³-hybridized carbons (Fsp3) is 0.103. The lowest BCUT2D eigenvalue weighted by Gasteiger charge is -2.20. The van der Waals surface area contributed by atoms with Gasteiger partial charge in [0.15, 0.2) is 11.0 Å². The van der Waals surface area contributed by atoms with E-state index in [0.717, 1.165) is 11.3 Å². The zero-order valence-electron chi connectivity index (χ0n) is 20.2. The SMILES string of the molecule is CC[C@H](SC1=N/C(=C/c2ccccc2)C(=O)N1c1ccccc1)C(=O)Nc1ccn(-c2ccccc2)n1. The second-order valence-corrected chi connectivity index (χ2v) is 9.47. The monoisotopic (exact) mass is 507 g/mol. The molecule has 0 fully saturated rings. The van der Waals surface area contributed by atoms with Gasteiger partial charge in [0.05, 0.1) is 16.6 Å². The van der Waals surface area contributed by atoms with Gasteiger partial charge in [-0.1, -0.05) is 85.4 Å². The van der Waals surface area contributed by atoms with Crippen LogP contribution < -0.4 is 10.2 Å². The van der Waals surface area contributed by atoms with Gasteiger partial charge >= 0.3 is 0 Å². The summed E-state index contributed by atoms with van der Waals surface area (Å²) in [5.41, 5.74) is 2.81. The number of para-hydroxylation sites is 2. The summed E-state index contributed by atoms with van der Waals surface area (Å²) in [5, 5.41) is 7.37. The summed E-state index contributed by atoms with van der Waals surface area (Å²) in [4.78, 5) is 32.9. The van der Waals surface area contributed by atoms with E-state index in [4.69, 9.17) is 0 Å². The molecule has 0 unspecified atom stereocenters. The number of thioether (sulfide) groups is 1. The van der Waals surface area contributed by atoms with Crippen LogP contribution in [-0.4, -0.2) is 32.0 Å². The molecule has 5 rings (SSSR count). The molecule has 1 N–H and O–H groups in total. The molecule has 2 heterocycles. The number of nitrogens with one attached hydrogen (secondary N) is 1. The topological polar surface area (TPSA) is 79.6 Å². The number of hydrogen-bond acceptors (Lipinski definition) is 5. The standard InChI is InChI=1S/C29H25N5O2S/c1-2-25(27(35)31-26-18-19-33(32-26)22-14-8-4-9-15-22)37-29-30-24(20-21-12-6-3-7-13-21)28(36)34(29)23-16-10-5-11-17-23/h3-20,25H,2H2,1H3,(H,31,32,35)/b24-20+/t25-/m0/s1. The van der Waals surface area contributed by atoms with Crippen LogP contribution in [-0.2, 0) is 9.59 Å². The lowest BCUT2D eigenvalue weighted by atomic mass is 10.2. The Labute approximate surface area is 219 Å². The first kappa shape index (κ1) is 24.3. The molecule has 0 saturated heterocycles. The van der Waals surface area contributed by atoms with E-state index in [1.807, 2.05) is 97.9 Å². The highest BCUT2D eigenvalue weighted by molar-refractivity contribution is 8.15. The third kappa shape index (κ3) is 5.54. The molecule has 0 bridgehead atoms. The van der Waals surface area contributed by atoms with Crippen molar-refractivity contribution in [3.05, 3.63) is 115 Å². The second kappa shape index (κ2) is 11.1. The van der Waals surface area contributed by atoms with Crippen molar-refractivity contribution < 1.29 is 9.59 Å². The van der Waals surface area contributed by atoms with Crippen LogP contribution in [0.3, 0.4) is 0 Å². The first-order chi connectivity index (χ1) is 18.1. The Morgan fingerprint density at radius 2 is 1.54 bits per heavy atom. The molecule has 1 aromatic heterocycles. The van der Waals surface area contributed by atoms with Gasteiger partial charge in [0.2, 0.25) is 5.91 Å². The van der Waals surface area contributed by atoms with Crippen molar-refractivity contribution in [1.82, 2.24) is 9.78 Å². The minimum Gasteiger partial charge on any atom is -0.308 e. The smallest absolute Gasteiger partial charge is 0.283 e. The Hall–Kier alpha value is -4.43. The van der Waals surface area contributed by atoms with Gasteiger partial charge in [-0.15, -0.1) is 0 Å². The molecule has 1 aliphatic heterocycles. The van der Waals surface area contributed by atoms with Crippen molar-refractivity contribution in [1.29, 1.82) is 0 Å². The minimum absolute atomic E-state index is 0.200. The minimum atomic E-state index is -0.476. The van der Waals surface area contributed by atoms with Crippen LogP contribution in [0, 0.1) is 0 Å². The number of amides is 2. The van der Waals surface area contributed by atoms with E-state index < -0.39 is 5.25 Å². The first-order valence-electron chi connectivity index (χ1n) is 12.0. The van der Waals surface area contributed by atoms with E-state index in [1.54, 1.807) is 27.9 Å². The molecule has 0 spiro atoms. The van der Waals surface area contributed by atoms with Crippen molar-refractivity contribution in [2.24, 2.45) is 4.99 Å². The zero-order valence-corrected chi connectivity index (χ0v) is 21.0. The molecular weight excluding hydrogens is 482 g/mol. The average Bonchev–Trinajstić information content (AvgIpc) is 3.53. The van der Waals surface area contributed by atoms with Gasteiger partial charge in [0, 0.05) is 12.3 Å². The lowest BCUT2D eigenvalue weighted by molar-refractivity contribution is -0.116. The summed E-state index contributed by atoms with van der Waals surface area (Å²) in [7, 11) is 0. The van der Waals surface area contributed by atoms with Crippen molar-refractivity contribution in [3.63, 3.8) is 0 Å². The van der Waals surface area contributed by atoms with Gasteiger partial charge in [0.25, 0.3) is 5.91 Å². The second-order valence-electron chi connectivity index (χ2n) is 8.30. The summed E-state index contributed by atoms with van der Waals surface area (Å²) in [6, 6.07) is 30.4. The molecule has 0 aliphatic carbocycles. The van der Waals surface area contributed by atoms with E-state index in [9.17, 15) is 9.59 Å². The molecule has 1 atom stereocenters. The van der Waals surface area contributed by atoms with Gasteiger partial charge in [-0.3, -0.25) is 14.5 Å². The fourth-order valence-corrected chi connectivity index (χ4v) is 4.89. The Kier molecular flexibility index (Phi) is 7.28. The number of carbonyl (C=O) groups excluding carboxylic acids is 2. The predicted octanol–water partition coefficient (Wildman–Crippen LogP) is 5.77. The van der Waals surface area contributed by atoms with Crippen LogP contribution in [0.2, 0.25) is 0 Å². The molecule has 184 valence electrons. The van der Waals surface area contributed by atoms with E-state index in [-0.39, 0.29) is 11.8 Å². The van der Waals surface area contributed by atoms with E-state index in [0.29, 0.717) is 28.8 Å².